The summed E-state index contributed by atoms with van der Waals surface area (Å²) < 4.78 is 5.28. The fraction of sp³-hybridized carbons (Fsp3) is 0.483. The van der Waals surface area contributed by atoms with Crippen LogP contribution in [0.4, 0.5) is 4.79 Å². The number of carbonyl (C=O) groups is 3. The van der Waals surface area contributed by atoms with E-state index < -0.39 is 47.7 Å². The maximum atomic E-state index is 14.0. The third-order valence-corrected chi connectivity index (χ3v) is 6.28. The van der Waals surface area contributed by atoms with Crippen molar-refractivity contribution in [3.63, 3.8) is 0 Å². The monoisotopic (exact) mass is 527 g/mol. The van der Waals surface area contributed by atoms with E-state index in [4.69, 9.17) is 4.74 Å². The van der Waals surface area contributed by atoms with Gasteiger partial charge in [-0.15, -0.1) is 0 Å². The van der Waals surface area contributed by atoms with Crippen molar-refractivity contribution in [3.05, 3.63) is 65.2 Å². The van der Waals surface area contributed by atoms with Crippen molar-refractivity contribution in [1.29, 1.82) is 0 Å². The largest absolute Gasteiger partial charge is 0.508 e. The quantitative estimate of drug-likeness (QED) is 0.370. The fourth-order valence-electron chi connectivity index (χ4n) is 3.90. The maximum absolute atomic E-state index is 14.0. The number of hydrogen-bond donors (Lipinski definition) is 4. The van der Waals surface area contributed by atoms with E-state index in [-0.39, 0.29) is 12.3 Å². The van der Waals surface area contributed by atoms with Gasteiger partial charge in [0.2, 0.25) is 11.8 Å². The summed E-state index contributed by atoms with van der Waals surface area (Å²) in [5.41, 5.74) is 0.235. The number of ether oxygens (including phenoxy) is 1. The summed E-state index contributed by atoms with van der Waals surface area (Å²) >= 11 is 0. The number of hydrogen-bond acceptors (Lipinski definition) is 6. The van der Waals surface area contributed by atoms with Crippen LogP contribution in [0.3, 0.4) is 0 Å². The van der Waals surface area contributed by atoms with Crippen LogP contribution in [0.1, 0.15) is 70.7 Å². The third kappa shape index (κ3) is 8.21. The molecule has 0 bridgehead atoms. The zero-order valence-electron chi connectivity index (χ0n) is 23.4. The van der Waals surface area contributed by atoms with Crippen LogP contribution in [-0.2, 0) is 20.9 Å². The van der Waals surface area contributed by atoms with Gasteiger partial charge in [0, 0.05) is 12.1 Å². The van der Waals surface area contributed by atoms with Crippen LogP contribution in [0.2, 0.25) is 0 Å². The highest BCUT2D eigenvalue weighted by atomic mass is 16.6. The molecule has 2 aromatic carbocycles. The molecule has 2 rings (SSSR count). The number of aromatic hydroxyl groups is 1. The van der Waals surface area contributed by atoms with Crippen molar-refractivity contribution >= 4 is 17.9 Å². The van der Waals surface area contributed by atoms with Crippen LogP contribution in [0.15, 0.2) is 48.5 Å². The maximum Gasteiger partial charge on any atom is 0.408 e. The van der Waals surface area contributed by atoms with Gasteiger partial charge >= 0.3 is 6.09 Å². The summed E-state index contributed by atoms with van der Waals surface area (Å²) in [7, 11) is 0. The topological polar surface area (TPSA) is 128 Å². The van der Waals surface area contributed by atoms with Crippen LogP contribution < -0.4 is 10.6 Å². The lowest BCUT2D eigenvalue weighted by atomic mass is 9.91. The summed E-state index contributed by atoms with van der Waals surface area (Å²) in [5, 5.41) is 25.6. The van der Waals surface area contributed by atoms with Gasteiger partial charge in [-0.2, -0.15) is 0 Å². The van der Waals surface area contributed by atoms with Crippen molar-refractivity contribution in [2.24, 2.45) is 0 Å². The van der Waals surface area contributed by atoms with Gasteiger partial charge in [-0.25, -0.2) is 4.79 Å². The Bertz CT molecular complexity index is 1110. The lowest BCUT2D eigenvalue weighted by Gasteiger charge is -2.44. The van der Waals surface area contributed by atoms with Crippen molar-refractivity contribution in [2.45, 2.75) is 84.7 Å². The van der Waals surface area contributed by atoms with Crippen molar-refractivity contribution in [1.82, 2.24) is 15.5 Å². The van der Waals surface area contributed by atoms with Gasteiger partial charge in [0.05, 0.1) is 6.61 Å². The minimum absolute atomic E-state index is 0.0599. The molecule has 4 N–H and O–H groups in total. The first-order valence-electron chi connectivity index (χ1n) is 12.7. The number of carbonyl (C=O) groups excluding carboxylic acids is 3. The first-order chi connectivity index (χ1) is 17.7. The standard InChI is InChI=1S/C29H41N3O6/c1-8-29(6,7)32(26(36)22(18-33)31-27(37)38-28(3,4)5)24(21-14-15-23(34)19(2)16-21)25(35)30-17-20-12-10-9-11-13-20/h9-16,22,24,33-34H,8,17-18H2,1-7H3,(H,30,35)(H,31,37). The molecule has 0 radical (unpaired) electrons. The lowest BCUT2D eigenvalue weighted by Crippen LogP contribution is -2.60. The van der Waals surface area contributed by atoms with E-state index in [1.807, 2.05) is 51.1 Å². The summed E-state index contributed by atoms with van der Waals surface area (Å²) in [5.74, 6) is -1.02. The highest BCUT2D eigenvalue weighted by Crippen LogP contribution is 2.34. The molecule has 9 heteroatoms. The predicted molar refractivity (Wildman–Crippen MR) is 145 cm³/mol. The predicted octanol–water partition coefficient (Wildman–Crippen LogP) is 3.96. The first-order valence-corrected chi connectivity index (χ1v) is 12.7. The van der Waals surface area contributed by atoms with Crippen LogP contribution in [0, 0.1) is 6.92 Å². The van der Waals surface area contributed by atoms with E-state index in [9.17, 15) is 24.6 Å². The smallest absolute Gasteiger partial charge is 0.408 e. The molecule has 38 heavy (non-hydrogen) atoms. The highest BCUT2D eigenvalue weighted by molar-refractivity contribution is 5.92. The Morgan fingerprint density at radius 1 is 1.03 bits per heavy atom. The SMILES string of the molecule is CCC(C)(C)N(C(=O)C(CO)NC(=O)OC(C)(C)C)C(C(=O)NCc1ccccc1)c1ccc(O)c(C)c1. The second-order valence-corrected chi connectivity index (χ2v) is 10.9. The molecular formula is C29H41N3O6. The molecule has 208 valence electrons. The number of nitrogens with zero attached hydrogens (tertiary/aromatic N) is 1. The Morgan fingerprint density at radius 2 is 1.66 bits per heavy atom. The molecule has 0 aliphatic rings. The van der Waals surface area contributed by atoms with Crippen LogP contribution in [-0.4, -0.2) is 56.8 Å². The molecule has 9 nitrogen and oxygen atoms in total. The molecule has 2 unspecified atom stereocenters. The highest BCUT2D eigenvalue weighted by Gasteiger charge is 2.43. The van der Waals surface area contributed by atoms with Crippen LogP contribution in [0.5, 0.6) is 5.75 Å². The number of aliphatic hydroxyl groups excluding tert-OH is 1. The van der Waals surface area contributed by atoms with Gasteiger partial charge < -0.3 is 30.5 Å². The van der Waals surface area contributed by atoms with Crippen LogP contribution >= 0.6 is 0 Å². The summed E-state index contributed by atoms with van der Waals surface area (Å²) in [6.07, 6.45) is -0.382. The fourth-order valence-corrected chi connectivity index (χ4v) is 3.90. The molecule has 0 spiro atoms. The number of rotatable bonds is 10. The molecule has 2 aromatic rings. The number of amides is 3. The van der Waals surface area contributed by atoms with E-state index in [1.165, 1.54) is 11.0 Å². The van der Waals surface area contributed by atoms with Gasteiger partial charge in [-0.1, -0.05) is 43.3 Å². The molecule has 0 fully saturated rings. The van der Waals surface area contributed by atoms with Gasteiger partial charge in [0.15, 0.2) is 0 Å². The number of phenolic OH excluding ortho intramolecular Hbond substituents is 1. The van der Waals surface area contributed by atoms with E-state index in [0.29, 0.717) is 17.5 Å². The van der Waals surface area contributed by atoms with Crippen molar-refractivity contribution in [3.8, 4) is 5.75 Å². The zero-order valence-corrected chi connectivity index (χ0v) is 23.4. The molecule has 2 atom stereocenters. The number of benzene rings is 2. The molecule has 0 heterocycles. The number of nitrogens with one attached hydrogen (secondary N) is 2. The van der Waals surface area contributed by atoms with Gasteiger partial charge in [0.25, 0.3) is 0 Å². The zero-order chi connectivity index (χ0) is 28.7. The molecule has 0 aromatic heterocycles. The van der Waals surface area contributed by atoms with E-state index in [0.717, 1.165) is 5.56 Å². The van der Waals surface area contributed by atoms with Gasteiger partial charge in [0.1, 0.15) is 23.4 Å². The first kappa shape index (κ1) is 30.6. The molecular weight excluding hydrogens is 486 g/mol. The Kier molecular flexibility index (Phi) is 10.3. The van der Waals surface area contributed by atoms with Crippen LogP contribution in [0.25, 0.3) is 0 Å². The molecule has 0 saturated heterocycles. The average Bonchev–Trinajstić information content (AvgIpc) is 2.85. The van der Waals surface area contributed by atoms with Crippen molar-refractivity contribution < 1.29 is 29.3 Å². The van der Waals surface area contributed by atoms with Gasteiger partial charge in [-0.05, 0) is 76.8 Å². The van der Waals surface area contributed by atoms with E-state index >= 15 is 0 Å². The lowest BCUT2D eigenvalue weighted by molar-refractivity contribution is -0.150. The molecule has 0 aliphatic heterocycles. The summed E-state index contributed by atoms with van der Waals surface area (Å²) in [4.78, 5) is 41.7. The summed E-state index contributed by atoms with van der Waals surface area (Å²) in [6.45, 7) is 11.8. The summed E-state index contributed by atoms with van der Waals surface area (Å²) in [6, 6.07) is 11.6. The number of aliphatic hydroxyl groups is 1. The van der Waals surface area contributed by atoms with Gasteiger partial charge in [-0.3, -0.25) is 9.59 Å². The van der Waals surface area contributed by atoms with E-state index in [1.54, 1.807) is 39.8 Å². The number of alkyl carbamates (subject to hydrolysis) is 1. The minimum Gasteiger partial charge on any atom is -0.508 e. The Balaban J connectivity index is 2.54. The Morgan fingerprint density at radius 3 is 2.18 bits per heavy atom. The van der Waals surface area contributed by atoms with Crippen molar-refractivity contribution in [2.75, 3.05) is 6.61 Å². The molecule has 3 amide bonds. The van der Waals surface area contributed by atoms with E-state index in [2.05, 4.69) is 10.6 Å². The molecule has 0 saturated carbocycles. The number of phenols is 1. The normalized spacial score (nSPS) is 13.3. The Labute approximate surface area is 225 Å². The Hall–Kier alpha value is -3.59. The molecule has 0 aliphatic carbocycles. The second-order valence-electron chi connectivity index (χ2n) is 10.9. The average molecular weight is 528 g/mol. The number of aryl methyl sites for hydroxylation is 1. The second kappa shape index (κ2) is 12.8. The minimum atomic E-state index is -1.35. The third-order valence-electron chi connectivity index (χ3n) is 6.28.